The molecule has 0 aliphatic rings. The zero-order chi connectivity index (χ0) is 8.43. The van der Waals surface area contributed by atoms with Crippen molar-refractivity contribution in [2.24, 2.45) is 0 Å². The summed E-state index contributed by atoms with van der Waals surface area (Å²) in [6.45, 7) is 3.47. The van der Waals surface area contributed by atoms with Crippen LogP contribution in [0.2, 0.25) is 5.02 Å². The van der Waals surface area contributed by atoms with Crippen molar-refractivity contribution in [3.05, 3.63) is 29.3 Å². The lowest BCUT2D eigenvalue weighted by Crippen LogP contribution is -1.75. The van der Waals surface area contributed by atoms with Gasteiger partial charge in [0.1, 0.15) is 11.5 Å². The Morgan fingerprint density at radius 2 is 2.00 bits per heavy atom. The summed E-state index contributed by atoms with van der Waals surface area (Å²) in [6.07, 6.45) is 1.46. The van der Waals surface area contributed by atoms with Crippen LogP contribution in [0.1, 0.15) is 5.56 Å². The lowest BCUT2D eigenvalue weighted by molar-refractivity contribution is 0.450. The molecule has 0 spiro atoms. The van der Waals surface area contributed by atoms with E-state index in [4.69, 9.17) is 21.8 Å². The molecule has 0 aliphatic carbocycles. The van der Waals surface area contributed by atoms with Gasteiger partial charge in [-0.3, -0.25) is 0 Å². The zero-order valence-corrected chi connectivity index (χ0v) is 6.47. The zero-order valence-electron chi connectivity index (χ0n) is 5.71. The SMILES string of the molecule is C=Cc1cc(O)cc(O)c1Cl. The molecule has 0 bridgehead atoms. The fourth-order valence-corrected chi connectivity index (χ4v) is 0.950. The van der Waals surface area contributed by atoms with E-state index in [0.29, 0.717) is 5.56 Å². The van der Waals surface area contributed by atoms with Gasteiger partial charge in [0.15, 0.2) is 0 Å². The summed E-state index contributed by atoms with van der Waals surface area (Å²) >= 11 is 5.63. The van der Waals surface area contributed by atoms with Crippen LogP contribution >= 0.6 is 11.6 Å². The highest BCUT2D eigenvalue weighted by Gasteiger charge is 2.04. The van der Waals surface area contributed by atoms with Crippen molar-refractivity contribution in [2.75, 3.05) is 0 Å². The maximum atomic E-state index is 9.07. The van der Waals surface area contributed by atoms with E-state index in [1.807, 2.05) is 0 Å². The molecule has 0 radical (unpaired) electrons. The third-order valence-corrected chi connectivity index (χ3v) is 1.70. The number of phenols is 2. The predicted molar refractivity (Wildman–Crippen MR) is 44.9 cm³/mol. The van der Waals surface area contributed by atoms with E-state index >= 15 is 0 Å². The van der Waals surface area contributed by atoms with Gasteiger partial charge in [-0.15, -0.1) is 0 Å². The molecular formula is C8H7ClO2. The second-order valence-corrected chi connectivity index (χ2v) is 2.45. The van der Waals surface area contributed by atoms with Gasteiger partial charge in [0.05, 0.1) is 5.02 Å². The molecule has 1 aromatic rings. The van der Waals surface area contributed by atoms with E-state index in [-0.39, 0.29) is 16.5 Å². The van der Waals surface area contributed by atoms with Crippen molar-refractivity contribution < 1.29 is 10.2 Å². The van der Waals surface area contributed by atoms with Crippen LogP contribution in [0, 0.1) is 0 Å². The molecule has 58 valence electrons. The van der Waals surface area contributed by atoms with Crippen LogP contribution in [-0.2, 0) is 0 Å². The Morgan fingerprint density at radius 3 is 2.55 bits per heavy atom. The van der Waals surface area contributed by atoms with Gasteiger partial charge in [-0.05, 0) is 11.6 Å². The van der Waals surface area contributed by atoms with E-state index < -0.39 is 0 Å². The summed E-state index contributed by atoms with van der Waals surface area (Å²) in [5, 5.41) is 18.3. The largest absolute Gasteiger partial charge is 0.508 e. The van der Waals surface area contributed by atoms with Gasteiger partial charge in [0.25, 0.3) is 0 Å². The van der Waals surface area contributed by atoms with Gasteiger partial charge < -0.3 is 10.2 Å². The Bertz CT molecular complexity index is 294. The molecule has 0 fully saturated rings. The van der Waals surface area contributed by atoms with Gasteiger partial charge in [-0.2, -0.15) is 0 Å². The summed E-state index contributed by atoms with van der Waals surface area (Å²) in [7, 11) is 0. The average Bonchev–Trinajstić information content (AvgIpc) is 1.96. The number of hydrogen-bond donors (Lipinski definition) is 2. The van der Waals surface area contributed by atoms with Crippen molar-refractivity contribution in [3.63, 3.8) is 0 Å². The van der Waals surface area contributed by atoms with Gasteiger partial charge in [-0.1, -0.05) is 24.3 Å². The Morgan fingerprint density at radius 1 is 1.36 bits per heavy atom. The quantitative estimate of drug-likeness (QED) is 0.680. The summed E-state index contributed by atoms with van der Waals surface area (Å²) < 4.78 is 0. The van der Waals surface area contributed by atoms with Crippen LogP contribution in [0.3, 0.4) is 0 Å². The average molecular weight is 171 g/mol. The maximum absolute atomic E-state index is 9.07. The molecule has 2 N–H and O–H groups in total. The summed E-state index contributed by atoms with van der Waals surface area (Å²) in [4.78, 5) is 0. The van der Waals surface area contributed by atoms with E-state index in [2.05, 4.69) is 6.58 Å². The standard InChI is InChI=1S/C8H7ClO2/c1-2-5-3-6(10)4-7(11)8(5)9/h2-4,10-11H,1H2. The van der Waals surface area contributed by atoms with Gasteiger partial charge in [0, 0.05) is 6.07 Å². The highest BCUT2D eigenvalue weighted by atomic mass is 35.5. The van der Waals surface area contributed by atoms with Crippen molar-refractivity contribution >= 4 is 17.7 Å². The van der Waals surface area contributed by atoms with Crippen LogP contribution in [-0.4, -0.2) is 10.2 Å². The highest BCUT2D eigenvalue weighted by molar-refractivity contribution is 6.33. The van der Waals surface area contributed by atoms with Gasteiger partial charge in [0.2, 0.25) is 0 Å². The number of benzene rings is 1. The van der Waals surface area contributed by atoms with Crippen LogP contribution in [0.5, 0.6) is 11.5 Å². The molecule has 0 saturated carbocycles. The van der Waals surface area contributed by atoms with E-state index in [9.17, 15) is 0 Å². The lowest BCUT2D eigenvalue weighted by Gasteiger charge is -2.01. The van der Waals surface area contributed by atoms with E-state index in [0.717, 1.165) is 0 Å². The fraction of sp³-hybridized carbons (Fsp3) is 0. The minimum atomic E-state index is -0.137. The van der Waals surface area contributed by atoms with Crippen LogP contribution in [0.15, 0.2) is 18.7 Å². The van der Waals surface area contributed by atoms with Crippen LogP contribution < -0.4 is 0 Å². The van der Waals surface area contributed by atoms with Crippen molar-refractivity contribution in [1.29, 1.82) is 0 Å². The number of rotatable bonds is 1. The molecule has 1 rings (SSSR count). The third-order valence-electron chi connectivity index (χ3n) is 1.29. The topological polar surface area (TPSA) is 40.5 Å². The fourth-order valence-electron chi connectivity index (χ4n) is 0.764. The first-order valence-corrected chi connectivity index (χ1v) is 3.37. The summed E-state index contributed by atoms with van der Waals surface area (Å²) in [5.74, 6) is -0.164. The molecule has 0 heterocycles. The first-order valence-electron chi connectivity index (χ1n) is 2.99. The molecule has 0 aliphatic heterocycles. The van der Waals surface area contributed by atoms with E-state index in [1.54, 1.807) is 0 Å². The van der Waals surface area contributed by atoms with Gasteiger partial charge >= 0.3 is 0 Å². The molecule has 0 saturated heterocycles. The molecule has 1 aromatic carbocycles. The number of phenolic OH excluding ortho intramolecular Hbond substituents is 2. The Hall–Kier alpha value is -1.15. The molecule has 2 nitrogen and oxygen atoms in total. The number of halogens is 1. The second-order valence-electron chi connectivity index (χ2n) is 2.07. The minimum Gasteiger partial charge on any atom is -0.508 e. The Labute approximate surface area is 69.4 Å². The molecule has 0 aromatic heterocycles. The molecular weight excluding hydrogens is 164 g/mol. The smallest absolute Gasteiger partial charge is 0.138 e. The third kappa shape index (κ3) is 1.46. The molecule has 3 heteroatoms. The van der Waals surface area contributed by atoms with Gasteiger partial charge in [-0.25, -0.2) is 0 Å². The Balaban J connectivity index is 3.35. The van der Waals surface area contributed by atoms with Crippen molar-refractivity contribution in [3.8, 4) is 11.5 Å². The summed E-state index contributed by atoms with van der Waals surface area (Å²) in [5.41, 5.74) is 0.518. The first-order chi connectivity index (χ1) is 5.15. The molecule has 0 amide bonds. The normalized spacial score (nSPS) is 9.55. The lowest BCUT2D eigenvalue weighted by atomic mass is 10.2. The highest BCUT2D eigenvalue weighted by Crippen LogP contribution is 2.31. The van der Waals surface area contributed by atoms with Crippen molar-refractivity contribution in [2.45, 2.75) is 0 Å². The predicted octanol–water partition coefficient (Wildman–Crippen LogP) is 2.39. The van der Waals surface area contributed by atoms with Crippen LogP contribution in [0.25, 0.3) is 6.08 Å². The monoisotopic (exact) mass is 170 g/mol. The van der Waals surface area contributed by atoms with E-state index in [1.165, 1.54) is 18.2 Å². The maximum Gasteiger partial charge on any atom is 0.138 e. The Kier molecular flexibility index (Phi) is 2.06. The molecule has 11 heavy (non-hydrogen) atoms. The summed E-state index contributed by atoms with van der Waals surface area (Å²) in [6, 6.07) is 2.60. The van der Waals surface area contributed by atoms with Crippen LogP contribution in [0.4, 0.5) is 0 Å². The minimum absolute atomic E-state index is 0.0261. The number of hydrogen-bond acceptors (Lipinski definition) is 2. The van der Waals surface area contributed by atoms with Crippen molar-refractivity contribution in [1.82, 2.24) is 0 Å². The first kappa shape index (κ1) is 7.95. The molecule has 0 unspecified atom stereocenters. The number of aromatic hydroxyl groups is 2. The molecule has 0 atom stereocenters. The second kappa shape index (κ2) is 2.84.